The van der Waals surface area contributed by atoms with Crippen molar-refractivity contribution in [1.82, 2.24) is 15.1 Å². The van der Waals surface area contributed by atoms with Gasteiger partial charge in [0.05, 0.1) is 13.2 Å². The van der Waals surface area contributed by atoms with Crippen LogP contribution in [0.15, 0.2) is 0 Å². The lowest BCUT2D eigenvalue weighted by Gasteiger charge is -2.30. The molecule has 0 radical (unpaired) electrons. The maximum Gasteiger partial charge on any atom is 0.237 e. The van der Waals surface area contributed by atoms with Gasteiger partial charge < -0.3 is 15.0 Å². The molecule has 0 spiro atoms. The Morgan fingerprint density at radius 3 is 2.71 bits per heavy atom. The second kappa shape index (κ2) is 6.33. The van der Waals surface area contributed by atoms with Gasteiger partial charge in [0.2, 0.25) is 5.91 Å². The maximum absolute atomic E-state index is 12.2. The Hall–Kier alpha value is -0.650. The summed E-state index contributed by atoms with van der Waals surface area (Å²) in [6.45, 7) is 5.91. The van der Waals surface area contributed by atoms with E-state index in [4.69, 9.17) is 4.74 Å². The second-order valence-electron chi connectivity index (χ2n) is 4.84. The van der Waals surface area contributed by atoms with Crippen LogP contribution in [0.1, 0.15) is 12.8 Å². The highest BCUT2D eigenvalue weighted by Gasteiger charge is 2.32. The average Bonchev–Trinajstić information content (AvgIpc) is 3.15. The molecular weight excluding hydrogens is 218 g/mol. The van der Waals surface area contributed by atoms with Crippen molar-refractivity contribution in [2.75, 3.05) is 53.0 Å². The van der Waals surface area contributed by atoms with E-state index in [1.807, 2.05) is 4.90 Å². The molecule has 2 fully saturated rings. The molecule has 5 heteroatoms. The number of carbonyl (C=O) groups excluding carboxylic acids is 1. The van der Waals surface area contributed by atoms with Crippen molar-refractivity contribution in [2.24, 2.45) is 0 Å². The lowest BCUT2D eigenvalue weighted by atomic mass is 10.3. The van der Waals surface area contributed by atoms with Crippen LogP contribution in [0.3, 0.4) is 0 Å². The molecule has 1 aliphatic carbocycles. The van der Waals surface area contributed by atoms with Crippen LogP contribution < -0.4 is 5.32 Å². The molecule has 1 heterocycles. The number of hydrogen-bond acceptors (Lipinski definition) is 4. The maximum atomic E-state index is 12.2. The van der Waals surface area contributed by atoms with Crippen LogP contribution in [0.2, 0.25) is 0 Å². The summed E-state index contributed by atoms with van der Waals surface area (Å²) in [4.78, 5) is 16.4. The van der Waals surface area contributed by atoms with Gasteiger partial charge in [0.15, 0.2) is 0 Å². The molecule has 1 N–H and O–H groups in total. The molecule has 2 aliphatic rings. The largest absolute Gasteiger partial charge is 0.383 e. The van der Waals surface area contributed by atoms with E-state index in [2.05, 4.69) is 10.2 Å². The molecule has 0 aromatic carbocycles. The van der Waals surface area contributed by atoms with E-state index in [-0.39, 0.29) is 5.91 Å². The number of methoxy groups -OCH3 is 1. The summed E-state index contributed by atoms with van der Waals surface area (Å²) in [6, 6.07) is 0.487. The third kappa shape index (κ3) is 3.94. The molecule has 0 unspecified atom stereocenters. The summed E-state index contributed by atoms with van der Waals surface area (Å²) < 4.78 is 5.07. The minimum absolute atomic E-state index is 0.270. The van der Waals surface area contributed by atoms with Crippen molar-refractivity contribution in [1.29, 1.82) is 0 Å². The van der Waals surface area contributed by atoms with Crippen LogP contribution in [0.4, 0.5) is 0 Å². The Morgan fingerprint density at radius 2 is 2.12 bits per heavy atom. The van der Waals surface area contributed by atoms with Crippen LogP contribution in [0.25, 0.3) is 0 Å². The quantitative estimate of drug-likeness (QED) is 0.683. The first kappa shape index (κ1) is 12.8. The molecule has 1 aliphatic heterocycles. The molecule has 2 rings (SSSR count). The van der Waals surface area contributed by atoms with Gasteiger partial charge in [-0.1, -0.05) is 0 Å². The molecule has 0 aromatic rings. The molecule has 98 valence electrons. The van der Waals surface area contributed by atoms with Gasteiger partial charge in [-0.05, 0) is 12.8 Å². The Balaban J connectivity index is 1.78. The van der Waals surface area contributed by atoms with Crippen LogP contribution >= 0.6 is 0 Å². The summed E-state index contributed by atoms with van der Waals surface area (Å²) in [5.74, 6) is 0.270. The zero-order valence-electron chi connectivity index (χ0n) is 10.7. The number of nitrogens with one attached hydrogen (secondary N) is 1. The molecule has 1 amide bonds. The van der Waals surface area contributed by atoms with Gasteiger partial charge in [-0.3, -0.25) is 9.69 Å². The van der Waals surface area contributed by atoms with Gasteiger partial charge in [-0.25, -0.2) is 0 Å². The Bertz CT molecular complexity index is 250. The van der Waals surface area contributed by atoms with Crippen LogP contribution in [0, 0.1) is 0 Å². The normalized spacial score (nSPS) is 21.5. The van der Waals surface area contributed by atoms with E-state index in [9.17, 15) is 4.79 Å². The first-order valence-corrected chi connectivity index (χ1v) is 6.52. The number of ether oxygens (including phenoxy) is 1. The number of piperazine rings is 1. The van der Waals surface area contributed by atoms with Gasteiger partial charge in [0.1, 0.15) is 0 Å². The molecule has 1 saturated heterocycles. The van der Waals surface area contributed by atoms with Gasteiger partial charge in [0, 0.05) is 45.9 Å². The minimum Gasteiger partial charge on any atom is -0.383 e. The molecule has 1 saturated carbocycles. The topological polar surface area (TPSA) is 44.8 Å². The Morgan fingerprint density at radius 1 is 1.41 bits per heavy atom. The van der Waals surface area contributed by atoms with Crippen molar-refractivity contribution >= 4 is 5.91 Å². The number of nitrogens with zero attached hydrogens (tertiary/aromatic N) is 2. The van der Waals surface area contributed by atoms with E-state index in [1.165, 1.54) is 0 Å². The zero-order chi connectivity index (χ0) is 12.1. The van der Waals surface area contributed by atoms with Gasteiger partial charge >= 0.3 is 0 Å². The number of carbonyl (C=O) groups is 1. The standard InChI is InChI=1S/C12H23N3O2/c1-17-9-8-15(11-2-3-11)12(16)10-14-6-4-13-5-7-14/h11,13H,2-10H2,1H3. The average molecular weight is 241 g/mol. The fourth-order valence-corrected chi connectivity index (χ4v) is 2.24. The third-order valence-corrected chi connectivity index (χ3v) is 3.41. The smallest absolute Gasteiger partial charge is 0.237 e. The highest BCUT2D eigenvalue weighted by atomic mass is 16.5. The van der Waals surface area contributed by atoms with Crippen molar-refractivity contribution in [3.05, 3.63) is 0 Å². The van der Waals surface area contributed by atoms with Crippen LogP contribution in [-0.2, 0) is 9.53 Å². The first-order valence-electron chi connectivity index (χ1n) is 6.52. The summed E-state index contributed by atoms with van der Waals surface area (Å²) in [6.07, 6.45) is 2.33. The molecule has 0 aromatic heterocycles. The summed E-state index contributed by atoms with van der Waals surface area (Å²) in [5, 5.41) is 3.30. The first-order chi connectivity index (χ1) is 8.31. The SMILES string of the molecule is COCCN(C(=O)CN1CCNCC1)C1CC1. The zero-order valence-corrected chi connectivity index (χ0v) is 10.7. The van der Waals surface area contributed by atoms with E-state index < -0.39 is 0 Å². The molecular formula is C12H23N3O2. The lowest BCUT2D eigenvalue weighted by molar-refractivity contribution is -0.133. The Labute approximate surface area is 103 Å². The minimum atomic E-state index is 0.270. The van der Waals surface area contributed by atoms with Crippen molar-refractivity contribution in [3.63, 3.8) is 0 Å². The second-order valence-corrected chi connectivity index (χ2v) is 4.84. The fourth-order valence-electron chi connectivity index (χ4n) is 2.24. The molecule has 0 atom stereocenters. The van der Waals surface area contributed by atoms with Crippen molar-refractivity contribution in [2.45, 2.75) is 18.9 Å². The van der Waals surface area contributed by atoms with E-state index in [1.54, 1.807) is 7.11 Å². The molecule has 5 nitrogen and oxygen atoms in total. The van der Waals surface area contributed by atoms with E-state index in [0.717, 1.165) is 45.6 Å². The fraction of sp³-hybridized carbons (Fsp3) is 0.917. The van der Waals surface area contributed by atoms with Crippen molar-refractivity contribution in [3.8, 4) is 0 Å². The van der Waals surface area contributed by atoms with Crippen LogP contribution in [0.5, 0.6) is 0 Å². The lowest BCUT2D eigenvalue weighted by Crippen LogP contribution is -2.49. The Kier molecular flexibility index (Phi) is 4.76. The summed E-state index contributed by atoms with van der Waals surface area (Å²) >= 11 is 0. The highest BCUT2D eigenvalue weighted by Crippen LogP contribution is 2.26. The molecule has 0 bridgehead atoms. The van der Waals surface area contributed by atoms with Gasteiger partial charge in [0.25, 0.3) is 0 Å². The predicted molar refractivity (Wildman–Crippen MR) is 65.9 cm³/mol. The van der Waals surface area contributed by atoms with Gasteiger partial charge in [-0.2, -0.15) is 0 Å². The van der Waals surface area contributed by atoms with E-state index >= 15 is 0 Å². The predicted octanol–water partition coefficient (Wildman–Crippen LogP) is -0.471. The number of hydrogen-bond donors (Lipinski definition) is 1. The third-order valence-electron chi connectivity index (χ3n) is 3.41. The number of amides is 1. The highest BCUT2D eigenvalue weighted by molar-refractivity contribution is 5.79. The van der Waals surface area contributed by atoms with Crippen molar-refractivity contribution < 1.29 is 9.53 Å². The monoisotopic (exact) mass is 241 g/mol. The summed E-state index contributed by atoms with van der Waals surface area (Å²) in [7, 11) is 1.69. The molecule has 17 heavy (non-hydrogen) atoms. The summed E-state index contributed by atoms with van der Waals surface area (Å²) in [5.41, 5.74) is 0. The van der Waals surface area contributed by atoms with E-state index in [0.29, 0.717) is 19.2 Å². The van der Waals surface area contributed by atoms with Gasteiger partial charge in [-0.15, -0.1) is 0 Å². The number of rotatable bonds is 6. The van der Waals surface area contributed by atoms with Crippen LogP contribution in [-0.4, -0.2) is 74.7 Å².